The van der Waals surface area contributed by atoms with Crippen molar-refractivity contribution in [1.82, 2.24) is 4.98 Å². The van der Waals surface area contributed by atoms with E-state index in [1.54, 1.807) is 30.5 Å². The van der Waals surface area contributed by atoms with Gasteiger partial charge in [-0.1, -0.05) is 11.6 Å². The number of aryl methyl sites for hydroxylation is 1. The van der Waals surface area contributed by atoms with E-state index in [1.807, 2.05) is 6.92 Å². The van der Waals surface area contributed by atoms with Crippen molar-refractivity contribution in [3.8, 4) is 11.1 Å². The maximum Gasteiger partial charge on any atom is 0.131 e. The predicted octanol–water partition coefficient (Wildman–Crippen LogP) is 2.78. The Balaban J connectivity index is 2.64. The second-order valence-electron chi connectivity index (χ2n) is 3.42. The third-order valence-electron chi connectivity index (χ3n) is 2.25. The number of nitrogens with zero attached hydrogens (tertiary/aromatic N) is 1. The summed E-state index contributed by atoms with van der Waals surface area (Å²) in [6, 6.07) is 8.44. The van der Waals surface area contributed by atoms with Crippen LogP contribution in [0.1, 0.15) is 5.56 Å². The highest BCUT2D eigenvalue weighted by Gasteiger charge is 2.08. The number of nitrogens with two attached hydrogens (primary N) is 1. The number of halogens is 1. The van der Waals surface area contributed by atoms with Gasteiger partial charge in [0.1, 0.15) is 11.6 Å². The molecule has 2 nitrogen and oxygen atoms in total. The molecule has 2 aromatic rings. The summed E-state index contributed by atoms with van der Waals surface area (Å²) in [6.07, 6.45) is 1.59. The fourth-order valence-electron chi connectivity index (χ4n) is 1.49. The fraction of sp³-hybridized carbons (Fsp3) is 0.0833. The van der Waals surface area contributed by atoms with Crippen LogP contribution in [0.3, 0.4) is 0 Å². The Morgan fingerprint density at radius 3 is 2.73 bits per heavy atom. The monoisotopic (exact) mass is 202 g/mol. The number of pyridine rings is 1. The highest BCUT2D eigenvalue weighted by Crippen LogP contribution is 2.27. The zero-order chi connectivity index (χ0) is 10.8. The Bertz CT molecular complexity index is 495. The van der Waals surface area contributed by atoms with Gasteiger partial charge in [-0.15, -0.1) is 0 Å². The van der Waals surface area contributed by atoms with Gasteiger partial charge in [-0.3, -0.25) is 0 Å². The number of benzene rings is 1. The first kappa shape index (κ1) is 9.65. The standard InChI is InChI=1S/C12H11FN2/c1-8-4-5-11(13)10(7-8)9-3-2-6-15-12(9)14/h2-7H,1H3,(H2,14,15). The summed E-state index contributed by atoms with van der Waals surface area (Å²) in [5.74, 6) is 0.0716. The average Bonchev–Trinajstić information content (AvgIpc) is 2.23. The molecule has 0 radical (unpaired) electrons. The number of hydrogen-bond acceptors (Lipinski definition) is 2. The van der Waals surface area contributed by atoms with Crippen molar-refractivity contribution in [2.24, 2.45) is 0 Å². The van der Waals surface area contributed by atoms with Crippen LogP contribution in [0.4, 0.5) is 10.2 Å². The predicted molar refractivity (Wildman–Crippen MR) is 58.8 cm³/mol. The Morgan fingerprint density at radius 2 is 2.00 bits per heavy atom. The summed E-state index contributed by atoms with van der Waals surface area (Å²) in [6.45, 7) is 1.91. The lowest BCUT2D eigenvalue weighted by molar-refractivity contribution is 0.631. The fourth-order valence-corrected chi connectivity index (χ4v) is 1.49. The molecule has 15 heavy (non-hydrogen) atoms. The molecule has 1 aromatic heterocycles. The first-order valence-corrected chi connectivity index (χ1v) is 4.65. The van der Waals surface area contributed by atoms with Gasteiger partial charge in [-0.25, -0.2) is 9.37 Å². The zero-order valence-electron chi connectivity index (χ0n) is 8.37. The van der Waals surface area contributed by atoms with Crippen LogP contribution in [0.15, 0.2) is 36.5 Å². The Hall–Kier alpha value is -1.90. The van der Waals surface area contributed by atoms with E-state index in [-0.39, 0.29) is 5.82 Å². The number of anilines is 1. The molecule has 76 valence electrons. The van der Waals surface area contributed by atoms with Crippen LogP contribution in [-0.4, -0.2) is 4.98 Å². The summed E-state index contributed by atoms with van der Waals surface area (Å²) < 4.78 is 13.6. The van der Waals surface area contributed by atoms with Crippen LogP contribution in [0.25, 0.3) is 11.1 Å². The van der Waals surface area contributed by atoms with Crippen molar-refractivity contribution in [3.05, 3.63) is 47.9 Å². The van der Waals surface area contributed by atoms with Gasteiger partial charge in [0.2, 0.25) is 0 Å². The van der Waals surface area contributed by atoms with Gasteiger partial charge in [0.25, 0.3) is 0 Å². The Morgan fingerprint density at radius 1 is 1.20 bits per heavy atom. The maximum atomic E-state index is 13.6. The van der Waals surface area contributed by atoms with Crippen molar-refractivity contribution < 1.29 is 4.39 Å². The first-order valence-electron chi connectivity index (χ1n) is 4.65. The van der Waals surface area contributed by atoms with Crippen LogP contribution in [-0.2, 0) is 0 Å². The smallest absolute Gasteiger partial charge is 0.131 e. The third kappa shape index (κ3) is 1.81. The van der Waals surface area contributed by atoms with E-state index in [1.165, 1.54) is 6.07 Å². The van der Waals surface area contributed by atoms with E-state index in [0.29, 0.717) is 16.9 Å². The topological polar surface area (TPSA) is 38.9 Å². The van der Waals surface area contributed by atoms with Crippen LogP contribution >= 0.6 is 0 Å². The largest absolute Gasteiger partial charge is 0.383 e. The molecule has 0 aliphatic carbocycles. The number of aromatic nitrogens is 1. The minimum absolute atomic E-state index is 0.277. The lowest BCUT2D eigenvalue weighted by Gasteiger charge is -2.06. The van der Waals surface area contributed by atoms with Crippen molar-refractivity contribution in [2.75, 3.05) is 5.73 Å². The Kier molecular flexibility index (Phi) is 2.37. The normalized spacial score (nSPS) is 10.3. The van der Waals surface area contributed by atoms with Gasteiger partial charge in [0.05, 0.1) is 0 Å². The minimum atomic E-state index is -0.277. The molecule has 1 heterocycles. The van der Waals surface area contributed by atoms with E-state index in [0.717, 1.165) is 5.56 Å². The van der Waals surface area contributed by atoms with Crippen molar-refractivity contribution in [2.45, 2.75) is 6.92 Å². The van der Waals surface area contributed by atoms with Gasteiger partial charge in [0, 0.05) is 17.3 Å². The molecule has 2 N–H and O–H groups in total. The molecule has 0 saturated heterocycles. The molecular formula is C12H11FN2. The van der Waals surface area contributed by atoms with Gasteiger partial charge < -0.3 is 5.73 Å². The summed E-state index contributed by atoms with van der Waals surface area (Å²) >= 11 is 0. The molecule has 0 saturated carbocycles. The lowest BCUT2D eigenvalue weighted by Crippen LogP contribution is -1.95. The summed E-state index contributed by atoms with van der Waals surface area (Å²) in [5.41, 5.74) is 7.83. The van der Waals surface area contributed by atoms with Crippen molar-refractivity contribution >= 4 is 5.82 Å². The molecule has 0 atom stereocenters. The van der Waals surface area contributed by atoms with Crippen LogP contribution in [0, 0.1) is 12.7 Å². The van der Waals surface area contributed by atoms with Gasteiger partial charge in [-0.2, -0.15) is 0 Å². The molecule has 0 fully saturated rings. The van der Waals surface area contributed by atoms with Crippen molar-refractivity contribution in [3.63, 3.8) is 0 Å². The third-order valence-corrected chi connectivity index (χ3v) is 2.25. The van der Waals surface area contributed by atoms with E-state index < -0.39 is 0 Å². The van der Waals surface area contributed by atoms with Crippen molar-refractivity contribution in [1.29, 1.82) is 0 Å². The summed E-state index contributed by atoms with van der Waals surface area (Å²) in [7, 11) is 0. The van der Waals surface area contributed by atoms with E-state index >= 15 is 0 Å². The molecular weight excluding hydrogens is 191 g/mol. The molecule has 2 rings (SSSR count). The first-order chi connectivity index (χ1) is 7.18. The highest BCUT2D eigenvalue weighted by atomic mass is 19.1. The molecule has 0 aliphatic heterocycles. The molecule has 0 amide bonds. The average molecular weight is 202 g/mol. The van der Waals surface area contributed by atoms with E-state index in [4.69, 9.17) is 5.73 Å². The number of rotatable bonds is 1. The second kappa shape index (κ2) is 3.69. The van der Waals surface area contributed by atoms with Gasteiger partial charge in [0.15, 0.2) is 0 Å². The molecule has 1 aromatic carbocycles. The Labute approximate surface area is 87.6 Å². The van der Waals surface area contributed by atoms with Crippen LogP contribution in [0.2, 0.25) is 0 Å². The minimum Gasteiger partial charge on any atom is -0.383 e. The SMILES string of the molecule is Cc1ccc(F)c(-c2cccnc2N)c1. The highest BCUT2D eigenvalue weighted by molar-refractivity contribution is 5.74. The van der Waals surface area contributed by atoms with Crippen LogP contribution in [0.5, 0.6) is 0 Å². The molecule has 0 aliphatic rings. The quantitative estimate of drug-likeness (QED) is 0.772. The molecule has 3 heteroatoms. The number of hydrogen-bond donors (Lipinski definition) is 1. The molecule has 0 unspecified atom stereocenters. The van der Waals surface area contributed by atoms with E-state index in [9.17, 15) is 4.39 Å². The maximum absolute atomic E-state index is 13.6. The summed E-state index contributed by atoms with van der Waals surface area (Å²) in [4.78, 5) is 3.94. The molecule has 0 bridgehead atoms. The number of nitrogen functional groups attached to an aromatic ring is 1. The summed E-state index contributed by atoms with van der Waals surface area (Å²) in [5, 5.41) is 0. The van der Waals surface area contributed by atoms with Crippen LogP contribution < -0.4 is 5.73 Å². The van der Waals surface area contributed by atoms with Gasteiger partial charge in [-0.05, 0) is 31.2 Å². The molecule has 0 spiro atoms. The lowest BCUT2D eigenvalue weighted by atomic mass is 10.0. The van der Waals surface area contributed by atoms with E-state index in [2.05, 4.69) is 4.98 Å². The second-order valence-corrected chi connectivity index (χ2v) is 3.42. The zero-order valence-corrected chi connectivity index (χ0v) is 8.37. The van der Waals surface area contributed by atoms with Gasteiger partial charge >= 0.3 is 0 Å².